The number of aromatic nitrogens is 2. The molecule has 1 saturated carbocycles. The van der Waals surface area contributed by atoms with Gasteiger partial charge in [0.2, 0.25) is 5.95 Å². The van der Waals surface area contributed by atoms with Crippen LogP contribution in [0.1, 0.15) is 32.1 Å². The van der Waals surface area contributed by atoms with Crippen LogP contribution in [0.3, 0.4) is 0 Å². The lowest BCUT2D eigenvalue weighted by molar-refractivity contribution is 0.137. The Morgan fingerprint density at radius 2 is 1.47 bits per heavy atom. The molecule has 1 fully saturated rings. The molecular formula is C24H27N3O3. The Kier molecular flexibility index (Phi) is 7.78. The van der Waals surface area contributed by atoms with Crippen LogP contribution in [0, 0.1) is 5.92 Å². The number of carbonyl (C=O) groups is 1. The third-order valence-corrected chi connectivity index (χ3v) is 5.19. The highest BCUT2D eigenvalue weighted by molar-refractivity contribution is 5.80. The van der Waals surface area contributed by atoms with Crippen LogP contribution in [0.2, 0.25) is 0 Å². The summed E-state index contributed by atoms with van der Waals surface area (Å²) in [5, 5.41) is 17.4. The summed E-state index contributed by atoms with van der Waals surface area (Å²) in [6.07, 6.45) is 6.86. The predicted octanol–water partition coefficient (Wildman–Crippen LogP) is 6.03. The van der Waals surface area contributed by atoms with Crippen molar-refractivity contribution in [1.29, 1.82) is 0 Å². The summed E-state index contributed by atoms with van der Waals surface area (Å²) in [6.45, 7) is 0.971. The van der Waals surface area contributed by atoms with E-state index in [2.05, 4.69) is 58.8 Å². The number of benzene rings is 2. The summed E-state index contributed by atoms with van der Waals surface area (Å²) >= 11 is 0. The molecule has 1 aromatic heterocycles. The monoisotopic (exact) mass is 405 g/mol. The van der Waals surface area contributed by atoms with E-state index in [1.54, 1.807) is 0 Å². The van der Waals surface area contributed by atoms with Crippen molar-refractivity contribution in [2.75, 3.05) is 11.9 Å². The highest BCUT2D eigenvalue weighted by Crippen LogP contribution is 2.31. The standard InChI is InChI=1S/C23H25N3.CH2O3/c1-4-10-18(11-5-1)16-24-23-25-17-21(19-12-6-2-7-13-19)22(26-23)20-14-8-3-9-15-20;2-1(3)4/h2-3,6-9,12-15,17-18H,1,4-5,10-11,16H2,(H,24,25,26);(H2,2,3,4). The molecule has 0 spiro atoms. The van der Waals surface area contributed by atoms with Gasteiger partial charge in [-0.1, -0.05) is 79.9 Å². The molecule has 0 amide bonds. The number of hydrogen-bond donors (Lipinski definition) is 3. The van der Waals surface area contributed by atoms with Gasteiger partial charge >= 0.3 is 6.16 Å². The molecule has 0 atom stereocenters. The van der Waals surface area contributed by atoms with Gasteiger partial charge in [0, 0.05) is 23.9 Å². The Balaban J connectivity index is 0.000000589. The molecule has 0 unspecified atom stereocenters. The summed E-state index contributed by atoms with van der Waals surface area (Å²) in [6, 6.07) is 20.7. The van der Waals surface area contributed by atoms with Gasteiger partial charge < -0.3 is 15.5 Å². The van der Waals surface area contributed by atoms with Crippen molar-refractivity contribution >= 4 is 12.1 Å². The van der Waals surface area contributed by atoms with Crippen LogP contribution in [-0.4, -0.2) is 32.9 Å². The highest BCUT2D eigenvalue weighted by atomic mass is 16.6. The van der Waals surface area contributed by atoms with E-state index in [-0.39, 0.29) is 0 Å². The molecule has 0 aliphatic heterocycles. The van der Waals surface area contributed by atoms with E-state index in [9.17, 15) is 0 Å². The number of anilines is 1. The first-order valence-electron chi connectivity index (χ1n) is 10.3. The largest absolute Gasteiger partial charge is 0.503 e. The lowest BCUT2D eigenvalue weighted by Crippen LogP contribution is -2.18. The average Bonchev–Trinajstić information content (AvgIpc) is 2.79. The summed E-state index contributed by atoms with van der Waals surface area (Å²) in [5.74, 6) is 1.48. The fourth-order valence-corrected chi connectivity index (χ4v) is 3.74. The number of nitrogens with one attached hydrogen (secondary N) is 1. The molecule has 0 bridgehead atoms. The van der Waals surface area contributed by atoms with Crippen molar-refractivity contribution in [2.45, 2.75) is 32.1 Å². The van der Waals surface area contributed by atoms with Crippen LogP contribution in [0.25, 0.3) is 22.4 Å². The molecule has 0 saturated heterocycles. The van der Waals surface area contributed by atoms with Gasteiger partial charge in [0.05, 0.1) is 5.69 Å². The van der Waals surface area contributed by atoms with E-state index >= 15 is 0 Å². The van der Waals surface area contributed by atoms with Crippen LogP contribution in [0.5, 0.6) is 0 Å². The van der Waals surface area contributed by atoms with Gasteiger partial charge in [0.25, 0.3) is 0 Å². The Morgan fingerprint density at radius 1 is 0.900 bits per heavy atom. The maximum atomic E-state index is 8.56. The lowest BCUT2D eigenvalue weighted by atomic mass is 9.89. The number of nitrogens with zero attached hydrogens (tertiary/aromatic N) is 2. The van der Waals surface area contributed by atoms with Crippen molar-refractivity contribution in [1.82, 2.24) is 9.97 Å². The number of carboxylic acid groups (broad SMARTS) is 2. The fraction of sp³-hybridized carbons (Fsp3) is 0.292. The Hall–Kier alpha value is -3.41. The van der Waals surface area contributed by atoms with E-state index in [0.29, 0.717) is 0 Å². The molecule has 4 rings (SSSR count). The van der Waals surface area contributed by atoms with Gasteiger partial charge in [0.1, 0.15) is 0 Å². The topological polar surface area (TPSA) is 95.3 Å². The minimum atomic E-state index is -1.83. The summed E-state index contributed by atoms with van der Waals surface area (Å²) < 4.78 is 0. The third-order valence-electron chi connectivity index (χ3n) is 5.19. The van der Waals surface area contributed by atoms with Crippen molar-refractivity contribution in [3.05, 3.63) is 66.9 Å². The maximum absolute atomic E-state index is 8.56. The normalized spacial score (nSPS) is 13.7. The molecule has 6 heteroatoms. The zero-order valence-corrected chi connectivity index (χ0v) is 16.9. The van der Waals surface area contributed by atoms with Crippen LogP contribution in [0.4, 0.5) is 10.7 Å². The van der Waals surface area contributed by atoms with Gasteiger partial charge in [-0.15, -0.1) is 0 Å². The van der Waals surface area contributed by atoms with Crippen LogP contribution >= 0.6 is 0 Å². The Bertz CT molecular complexity index is 923. The minimum absolute atomic E-state index is 0.731. The van der Waals surface area contributed by atoms with Crippen LogP contribution < -0.4 is 5.32 Å². The van der Waals surface area contributed by atoms with Crippen LogP contribution in [0.15, 0.2) is 66.9 Å². The second-order valence-electron chi connectivity index (χ2n) is 7.36. The lowest BCUT2D eigenvalue weighted by Gasteiger charge is -2.22. The molecule has 156 valence electrons. The van der Waals surface area contributed by atoms with E-state index in [1.807, 2.05) is 18.3 Å². The molecule has 1 aliphatic rings. The van der Waals surface area contributed by atoms with Gasteiger partial charge in [-0.25, -0.2) is 14.8 Å². The fourth-order valence-electron chi connectivity index (χ4n) is 3.74. The van der Waals surface area contributed by atoms with E-state index in [1.165, 1.54) is 32.1 Å². The quantitative estimate of drug-likeness (QED) is 0.480. The summed E-state index contributed by atoms with van der Waals surface area (Å²) in [7, 11) is 0. The summed E-state index contributed by atoms with van der Waals surface area (Å²) in [5.41, 5.74) is 4.32. The smallest absolute Gasteiger partial charge is 0.450 e. The molecule has 2 aromatic carbocycles. The first-order chi connectivity index (χ1) is 14.6. The van der Waals surface area contributed by atoms with Crippen molar-refractivity contribution < 1.29 is 15.0 Å². The van der Waals surface area contributed by atoms with Crippen molar-refractivity contribution in [2.24, 2.45) is 5.92 Å². The number of rotatable bonds is 5. The second-order valence-corrected chi connectivity index (χ2v) is 7.36. The zero-order chi connectivity index (χ0) is 21.2. The first-order valence-corrected chi connectivity index (χ1v) is 10.3. The van der Waals surface area contributed by atoms with Crippen LogP contribution in [-0.2, 0) is 0 Å². The van der Waals surface area contributed by atoms with E-state index in [4.69, 9.17) is 20.0 Å². The van der Waals surface area contributed by atoms with E-state index < -0.39 is 6.16 Å². The molecule has 3 N–H and O–H groups in total. The van der Waals surface area contributed by atoms with E-state index in [0.717, 1.165) is 40.8 Å². The van der Waals surface area contributed by atoms with Gasteiger partial charge in [-0.3, -0.25) is 0 Å². The van der Waals surface area contributed by atoms with Gasteiger partial charge in [-0.2, -0.15) is 0 Å². The molecule has 6 nitrogen and oxygen atoms in total. The summed E-state index contributed by atoms with van der Waals surface area (Å²) in [4.78, 5) is 18.0. The number of hydrogen-bond acceptors (Lipinski definition) is 4. The van der Waals surface area contributed by atoms with Crippen molar-refractivity contribution in [3.63, 3.8) is 0 Å². The Morgan fingerprint density at radius 3 is 2.07 bits per heavy atom. The zero-order valence-electron chi connectivity index (χ0n) is 16.9. The molecular weight excluding hydrogens is 378 g/mol. The van der Waals surface area contributed by atoms with Crippen molar-refractivity contribution in [3.8, 4) is 22.4 Å². The third kappa shape index (κ3) is 6.30. The predicted molar refractivity (Wildman–Crippen MR) is 119 cm³/mol. The molecule has 0 radical (unpaired) electrons. The molecule has 30 heavy (non-hydrogen) atoms. The van der Waals surface area contributed by atoms with Gasteiger partial charge in [-0.05, 0) is 24.3 Å². The SMILES string of the molecule is O=C(O)O.c1ccc(-c2cnc(NCC3CCCCC3)nc2-c2ccccc2)cc1. The first kappa shape index (κ1) is 21.3. The molecule has 1 aliphatic carbocycles. The average molecular weight is 405 g/mol. The van der Waals surface area contributed by atoms with Gasteiger partial charge in [0.15, 0.2) is 0 Å². The highest BCUT2D eigenvalue weighted by Gasteiger charge is 2.15. The Labute approximate surface area is 176 Å². The minimum Gasteiger partial charge on any atom is -0.450 e. The maximum Gasteiger partial charge on any atom is 0.503 e. The molecule has 3 aromatic rings. The second kappa shape index (κ2) is 11.0. The molecule has 1 heterocycles.